The zero-order valence-corrected chi connectivity index (χ0v) is 23.0. The van der Waals surface area contributed by atoms with E-state index in [1.165, 1.54) is 16.5 Å². The minimum absolute atomic E-state index is 0.190. The summed E-state index contributed by atoms with van der Waals surface area (Å²) < 4.78 is 41.8. The van der Waals surface area contributed by atoms with Crippen LogP contribution in [0.1, 0.15) is 18.2 Å². The van der Waals surface area contributed by atoms with Crippen LogP contribution in [0, 0.1) is 0 Å². The number of alkyl halides is 3. The molecule has 0 aliphatic carbocycles. The Hall–Kier alpha value is -5.45. The van der Waals surface area contributed by atoms with E-state index in [2.05, 4.69) is 17.2 Å². The Morgan fingerprint density at radius 1 is 0.953 bits per heavy atom. The van der Waals surface area contributed by atoms with Crippen molar-refractivity contribution in [2.24, 2.45) is 0 Å². The molecule has 0 unspecified atom stereocenters. The number of halogens is 3. The number of aromatic nitrogens is 3. The molecule has 0 fully saturated rings. The van der Waals surface area contributed by atoms with E-state index in [-0.39, 0.29) is 18.0 Å². The van der Waals surface area contributed by atoms with Gasteiger partial charge in [-0.2, -0.15) is 13.2 Å². The summed E-state index contributed by atoms with van der Waals surface area (Å²) in [4.78, 5) is 44.2. The van der Waals surface area contributed by atoms with Gasteiger partial charge in [-0.1, -0.05) is 62.0 Å². The SMILES string of the molecule is C=CC(=O)Nc1ccccc1-c1c(CC)nc2n(CC(=O)Nc3ccc(C(F)(F)F)cc3)c(-c3ccccc3)cn2c1=O. The van der Waals surface area contributed by atoms with Gasteiger partial charge >= 0.3 is 6.18 Å². The van der Waals surface area contributed by atoms with Crippen molar-refractivity contribution in [3.8, 4) is 22.4 Å². The molecule has 2 aromatic heterocycles. The zero-order valence-electron chi connectivity index (χ0n) is 23.0. The molecule has 43 heavy (non-hydrogen) atoms. The summed E-state index contributed by atoms with van der Waals surface area (Å²) in [5.74, 6) is -0.750. The van der Waals surface area contributed by atoms with Gasteiger partial charge in [-0.05, 0) is 48.4 Å². The predicted octanol–water partition coefficient (Wildman–Crippen LogP) is 6.17. The highest BCUT2D eigenvalue weighted by molar-refractivity contribution is 6.01. The smallest absolute Gasteiger partial charge is 0.325 e. The van der Waals surface area contributed by atoms with Gasteiger partial charge in [0.1, 0.15) is 6.54 Å². The van der Waals surface area contributed by atoms with Gasteiger partial charge in [0, 0.05) is 23.1 Å². The Morgan fingerprint density at radius 3 is 2.28 bits per heavy atom. The molecule has 11 heteroatoms. The molecule has 0 spiro atoms. The van der Waals surface area contributed by atoms with E-state index in [9.17, 15) is 27.6 Å². The number of carbonyl (C=O) groups excluding carboxylic acids is 2. The number of benzene rings is 3. The van der Waals surface area contributed by atoms with Gasteiger partial charge in [0.15, 0.2) is 0 Å². The molecular formula is C32H26F3N5O3. The van der Waals surface area contributed by atoms with Gasteiger partial charge in [-0.3, -0.25) is 18.8 Å². The second-order valence-electron chi connectivity index (χ2n) is 9.59. The number of fused-ring (bicyclic) bond motifs is 1. The van der Waals surface area contributed by atoms with Crippen molar-refractivity contribution in [1.82, 2.24) is 14.0 Å². The molecule has 8 nitrogen and oxygen atoms in total. The van der Waals surface area contributed by atoms with Crippen LogP contribution in [0.4, 0.5) is 24.5 Å². The van der Waals surface area contributed by atoms with Gasteiger partial charge in [0.2, 0.25) is 17.6 Å². The molecule has 2 amide bonds. The van der Waals surface area contributed by atoms with E-state index in [1.54, 1.807) is 35.0 Å². The number of rotatable bonds is 8. The van der Waals surface area contributed by atoms with Crippen molar-refractivity contribution in [2.45, 2.75) is 26.1 Å². The molecule has 0 saturated carbocycles. The molecule has 5 rings (SSSR count). The Labute approximate surface area is 244 Å². The largest absolute Gasteiger partial charge is 0.416 e. The van der Waals surface area contributed by atoms with Crippen LogP contribution < -0.4 is 16.2 Å². The van der Waals surface area contributed by atoms with E-state index in [0.29, 0.717) is 40.2 Å². The maximum absolute atomic E-state index is 14.1. The second-order valence-corrected chi connectivity index (χ2v) is 9.59. The lowest BCUT2D eigenvalue weighted by molar-refractivity contribution is -0.137. The number of hydrogen-bond donors (Lipinski definition) is 2. The van der Waals surface area contributed by atoms with Crippen molar-refractivity contribution in [2.75, 3.05) is 10.6 Å². The molecule has 0 radical (unpaired) electrons. The maximum atomic E-state index is 14.1. The third kappa shape index (κ3) is 5.96. The van der Waals surface area contributed by atoms with Crippen LogP contribution in [0.15, 0.2) is 103 Å². The predicted molar refractivity (Wildman–Crippen MR) is 159 cm³/mol. The van der Waals surface area contributed by atoms with Crippen LogP contribution in [0.5, 0.6) is 0 Å². The Morgan fingerprint density at radius 2 is 1.63 bits per heavy atom. The number of nitrogens with one attached hydrogen (secondary N) is 2. The van der Waals surface area contributed by atoms with Crippen LogP contribution in [0.25, 0.3) is 28.2 Å². The van der Waals surface area contributed by atoms with Gasteiger partial charge in [0.25, 0.3) is 5.56 Å². The molecule has 0 bridgehead atoms. The summed E-state index contributed by atoms with van der Waals surface area (Å²) in [6.07, 6.45) is -1.40. The molecule has 2 heterocycles. The third-order valence-corrected chi connectivity index (χ3v) is 6.80. The van der Waals surface area contributed by atoms with E-state index in [4.69, 9.17) is 4.98 Å². The van der Waals surface area contributed by atoms with Crippen molar-refractivity contribution < 1.29 is 22.8 Å². The maximum Gasteiger partial charge on any atom is 0.416 e. The molecule has 0 atom stereocenters. The summed E-state index contributed by atoms with van der Waals surface area (Å²) in [7, 11) is 0. The number of carbonyl (C=O) groups is 2. The molecule has 5 aromatic rings. The van der Waals surface area contributed by atoms with E-state index < -0.39 is 29.1 Å². The molecule has 0 saturated heterocycles. The summed E-state index contributed by atoms with van der Waals surface area (Å²) in [6, 6.07) is 20.1. The highest BCUT2D eigenvalue weighted by Gasteiger charge is 2.30. The fourth-order valence-corrected chi connectivity index (χ4v) is 4.77. The number of nitrogens with zero attached hydrogens (tertiary/aromatic N) is 3. The van der Waals surface area contributed by atoms with Crippen molar-refractivity contribution in [3.63, 3.8) is 0 Å². The number of para-hydroxylation sites is 1. The second kappa shape index (κ2) is 11.8. The van der Waals surface area contributed by atoms with Crippen molar-refractivity contribution in [3.05, 3.63) is 119 Å². The van der Waals surface area contributed by atoms with Crippen LogP contribution in [0.3, 0.4) is 0 Å². The number of hydrogen-bond acceptors (Lipinski definition) is 4. The topological polar surface area (TPSA) is 97.5 Å². The Bertz CT molecular complexity index is 1890. The summed E-state index contributed by atoms with van der Waals surface area (Å²) in [5, 5.41) is 5.36. The quantitative estimate of drug-likeness (QED) is 0.213. The van der Waals surface area contributed by atoms with Crippen molar-refractivity contribution >= 4 is 29.0 Å². The van der Waals surface area contributed by atoms with Gasteiger partial charge in [-0.25, -0.2) is 4.98 Å². The monoisotopic (exact) mass is 585 g/mol. The lowest BCUT2D eigenvalue weighted by Gasteiger charge is -2.14. The minimum atomic E-state index is -4.50. The average Bonchev–Trinajstić information content (AvgIpc) is 3.35. The van der Waals surface area contributed by atoms with E-state index >= 15 is 0 Å². The normalized spacial score (nSPS) is 11.3. The molecule has 3 aromatic carbocycles. The standard InChI is InChI=1S/C32H26F3N5O3/c1-3-24-29(23-12-8-9-13-25(23)37-27(41)4-2)30(43)40-18-26(20-10-6-5-7-11-20)39(31(40)38-24)19-28(42)36-22-16-14-21(15-17-22)32(33,34)35/h4-18H,2-3,19H2,1H3,(H,36,42)(H,37,41). The van der Waals surface area contributed by atoms with Crippen LogP contribution in [-0.2, 0) is 28.7 Å². The van der Waals surface area contributed by atoms with Gasteiger partial charge in [0.05, 0.1) is 22.5 Å². The first-order chi connectivity index (χ1) is 20.6. The lowest BCUT2D eigenvalue weighted by Crippen LogP contribution is -2.23. The van der Waals surface area contributed by atoms with Crippen LogP contribution >= 0.6 is 0 Å². The van der Waals surface area contributed by atoms with Gasteiger partial charge in [-0.15, -0.1) is 0 Å². The van der Waals surface area contributed by atoms with E-state index in [0.717, 1.165) is 18.2 Å². The fourth-order valence-electron chi connectivity index (χ4n) is 4.77. The first-order valence-corrected chi connectivity index (χ1v) is 13.3. The molecule has 0 aliphatic heterocycles. The number of amides is 2. The first-order valence-electron chi connectivity index (χ1n) is 13.3. The average molecular weight is 586 g/mol. The molecular weight excluding hydrogens is 559 g/mol. The number of aryl methyl sites for hydroxylation is 1. The summed E-state index contributed by atoms with van der Waals surface area (Å²) in [6.45, 7) is 5.05. The third-order valence-electron chi connectivity index (χ3n) is 6.80. The summed E-state index contributed by atoms with van der Waals surface area (Å²) >= 11 is 0. The van der Waals surface area contributed by atoms with Gasteiger partial charge < -0.3 is 15.2 Å². The Balaban J connectivity index is 1.62. The molecule has 218 valence electrons. The van der Waals surface area contributed by atoms with E-state index in [1.807, 2.05) is 37.3 Å². The van der Waals surface area contributed by atoms with Crippen LogP contribution in [-0.4, -0.2) is 25.8 Å². The van der Waals surface area contributed by atoms with Crippen LogP contribution in [0.2, 0.25) is 0 Å². The Kier molecular flexibility index (Phi) is 7.98. The zero-order chi connectivity index (χ0) is 30.7. The summed E-state index contributed by atoms with van der Waals surface area (Å²) in [5.41, 5.74) is 1.85. The fraction of sp³-hybridized carbons (Fsp3) is 0.125. The molecule has 0 aliphatic rings. The highest BCUT2D eigenvalue weighted by atomic mass is 19.4. The van der Waals surface area contributed by atoms with Crippen molar-refractivity contribution in [1.29, 1.82) is 0 Å². The minimum Gasteiger partial charge on any atom is -0.325 e. The first kappa shape index (κ1) is 29.1. The number of imidazole rings is 1. The lowest BCUT2D eigenvalue weighted by atomic mass is 10.0. The molecule has 2 N–H and O–H groups in total. The number of anilines is 2. The highest BCUT2D eigenvalue weighted by Crippen LogP contribution is 2.31.